The molecule has 0 heterocycles. The molecule has 96 valence electrons. The van der Waals surface area contributed by atoms with Crippen molar-refractivity contribution < 1.29 is 4.74 Å². The van der Waals surface area contributed by atoms with Gasteiger partial charge in [-0.05, 0) is 45.1 Å². The van der Waals surface area contributed by atoms with E-state index in [9.17, 15) is 0 Å². The number of hydrogen-bond acceptors (Lipinski definition) is 3. The third-order valence-electron chi connectivity index (χ3n) is 2.78. The summed E-state index contributed by atoms with van der Waals surface area (Å²) in [7, 11) is 5.86. The van der Waals surface area contributed by atoms with Crippen molar-refractivity contribution in [1.82, 2.24) is 4.90 Å². The Bertz CT molecular complexity index is 350. The zero-order valence-corrected chi connectivity index (χ0v) is 11.6. The van der Waals surface area contributed by atoms with E-state index in [4.69, 9.17) is 4.74 Å². The highest BCUT2D eigenvalue weighted by molar-refractivity contribution is 5.58. The van der Waals surface area contributed by atoms with Crippen molar-refractivity contribution in [3.05, 3.63) is 23.8 Å². The topological polar surface area (TPSA) is 24.5 Å². The summed E-state index contributed by atoms with van der Waals surface area (Å²) in [5.74, 6) is 0.910. The van der Waals surface area contributed by atoms with Crippen molar-refractivity contribution in [1.29, 1.82) is 0 Å². The Morgan fingerprint density at radius 3 is 2.59 bits per heavy atom. The van der Waals surface area contributed by atoms with Crippen LogP contribution in [0.15, 0.2) is 18.2 Å². The van der Waals surface area contributed by atoms with E-state index >= 15 is 0 Å². The summed E-state index contributed by atoms with van der Waals surface area (Å²) in [5, 5.41) is 3.48. The molecule has 3 nitrogen and oxygen atoms in total. The molecule has 0 amide bonds. The number of nitrogens with zero attached hydrogens (tertiary/aromatic N) is 1. The Hall–Kier alpha value is -1.22. The van der Waals surface area contributed by atoms with E-state index in [1.807, 2.05) is 6.07 Å². The molecule has 0 aliphatic rings. The van der Waals surface area contributed by atoms with E-state index in [0.717, 1.165) is 24.4 Å². The van der Waals surface area contributed by atoms with Gasteiger partial charge in [0.2, 0.25) is 0 Å². The number of hydrogen-bond donors (Lipinski definition) is 1. The SMILES string of the molecule is CCC(C)Nc1cc(CN(C)C)ccc1OC. The third kappa shape index (κ3) is 4.27. The molecule has 0 aliphatic carbocycles. The summed E-state index contributed by atoms with van der Waals surface area (Å²) >= 11 is 0. The highest BCUT2D eigenvalue weighted by atomic mass is 16.5. The molecule has 0 fully saturated rings. The first kappa shape index (κ1) is 13.8. The Morgan fingerprint density at radius 2 is 2.06 bits per heavy atom. The highest BCUT2D eigenvalue weighted by Crippen LogP contribution is 2.26. The second-order valence-electron chi connectivity index (χ2n) is 4.73. The maximum absolute atomic E-state index is 5.37. The van der Waals surface area contributed by atoms with Gasteiger partial charge in [0.15, 0.2) is 0 Å². The van der Waals surface area contributed by atoms with Gasteiger partial charge in [0.05, 0.1) is 12.8 Å². The van der Waals surface area contributed by atoms with E-state index in [-0.39, 0.29) is 0 Å². The average molecular weight is 236 g/mol. The molecule has 0 bridgehead atoms. The third-order valence-corrected chi connectivity index (χ3v) is 2.78. The molecular weight excluding hydrogens is 212 g/mol. The molecule has 0 aromatic heterocycles. The first-order valence-corrected chi connectivity index (χ1v) is 6.15. The molecule has 1 aromatic rings. The molecule has 1 unspecified atom stereocenters. The molecule has 1 N–H and O–H groups in total. The first-order chi connectivity index (χ1) is 8.06. The van der Waals surface area contributed by atoms with Gasteiger partial charge in [-0.1, -0.05) is 13.0 Å². The van der Waals surface area contributed by atoms with Crippen LogP contribution in [0.2, 0.25) is 0 Å². The van der Waals surface area contributed by atoms with Crippen molar-refractivity contribution in [2.45, 2.75) is 32.9 Å². The van der Waals surface area contributed by atoms with Crippen LogP contribution in [0.1, 0.15) is 25.8 Å². The molecule has 3 heteroatoms. The van der Waals surface area contributed by atoms with Gasteiger partial charge >= 0.3 is 0 Å². The fraction of sp³-hybridized carbons (Fsp3) is 0.571. The summed E-state index contributed by atoms with van der Waals surface area (Å²) in [5.41, 5.74) is 2.38. The zero-order valence-electron chi connectivity index (χ0n) is 11.6. The smallest absolute Gasteiger partial charge is 0.141 e. The van der Waals surface area contributed by atoms with E-state index < -0.39 is 0 Å². The molecule has 0 saturated heterocycles. The normalized spacial score (nSPS) is 12.6. The lowest BCUT2D eigenvalue weighted by Crippen LogP contribution is -2.15. The second-order valence-corrected chi connectivity index (χ2v) is 4.73. The molecule has 0 aliphatic heterocycles. The fourth-order valence-electron chi connectivity index (χ4n) is 1.70. The van der Waals surface area contributed by atoms with Crippen LogP contribution in [0.25, 0.3) is 0 Å². The first-order valence-electron chi connectivity index (χ1n) is 6.15. The van der Waals surface area contributed by atoms with Gasteiger partial charge in [0.1, 0.15) is 5.75 Å². The molecule has 0 radical (unpaired) electrons. The van der Waals surface area contributed by atoms with Gasteiger partial charge in [-0.15, -0.1) is 0 Å². The number of nitrogens with one attached hydrogen (secondary N) is 1. The molecule has 0 spiro atoms. The minimum atomic E-state index is 0.457. The minimum absolute atomic E-state index is 0.457. The predicted octanol–water partition coefficient (Wildman–Crippen LogP) is 2.97. The van der Waals surface area contributed by atoms with Crippen molar-refractivity contribution in [3.8, 4) is 5.75 Å². The van der Waals surface area contributed by atoms with Crippen LogP contribution in [0.4, 0.5) is 5.69 Å². The van der Waals surface area contributed by atoms with Crippen LogP contribution < -0.4 is 10.1 Å². The Kier molecular flexibility index (Phi) is 5.29. The van der Waals surface area contributed by atoms with E-state index in [0.29, 0.717) is 6.04 Å². The average Bonchev–Trinajstić information content (AvgIpc) is 2.28. The summed E-state index contributed by atoms with van der Waals surface area (Å²) in [6, 6.07) is 6.77. The monoisotopic (exact) mass is 236 g/mol. The standard InChI is InChI=1S/C14H24N2O/c1-6-11(2)15-13-9-12(10-16(3)4)7-8-14(13)17-5/h7-9,11,15H,6,10H2,1-5H3. The van der Waals surface area contributed by atoms with Crippen molar-refractivity contribution in [3.63, 3.8) is 0 Å². The number of anilines is 1. The summed E-state index contributed by atoms with van der Waals surface area (Å²) in [4.78, 5) is 2.16. The molecule has 17 heavy (non-hydrogen) atoms. The Labute approximate surface area is 105 Å². The van der Waals surface area contributed by atoms with Gasteiger partial charge < -0.3 is 15.0 Å². The maximum Gasteiger partial charge on any atom is 0.141 e. The van der Waals surface area contributed by atoms with Crippen LogP contribution in [-0.4, -0.2) is 32.1 Å². The largest absolute Gasteiger partial charge is 0.495 e. The number of rotatable bonds is 6. The van der Waals surface area contributed by atoms with Gasteiger partial charge in [-0.2, -0.15) is 0 Å². The lowest BCUT2D eigenvalue weighted by atomic mass is 10.1. The van der Waals surface area contributed by atoms with Crippen LogP contribution in [-0.2, 0) is 6.54 Å². The minimum Gasteiger partial charge on any atom is -0.495 e. The predicted molar refractivity (Wildman–Crippen MR) is 73.8 cm³/mol. The van der Waals surface area contributed by atoms with E-state index in [1.54, 1.807) is 7.11 Å². The fourth-order valence-corrected chi connectivity index (χ4v) is 1.70. The molecular formula is C14H24N2O. The van der Waals surface area contributed by atoms with Crippen LogP contribution >= 0.6 is 0 Å². The van der Waals surface area contributed by atoms with Crippen LogP contribution in [0.3, 0.4) is 0 Å². The van der Waals surface area contributed by atoms with Gasteiger partial charge in [0, 0.05) is 12.6 Å². The maximum atomic E-state index is 5.37. The summed E-state index contributed by atoms with van der Waals surface area (Å²) in [6.07, 6.45) is 1.10. The Balaban J connectivity index is 2.89. The van der Waals surface area contributed by atoms with Crippen LogP contribution in [0, 0.1) is 0 Å². The zero-order chi connectivity index (χ0) is 12.8. The van der Waals surface area contributed by atoms with Crippen molar-refractivity contribution in [2.75, 3.05) is 26.5 Å². The lowest BCUT2D eigenvalue weighted by molar-refractivity contribution is 0.400. The van der Waals surface area contributed by atoms with Gasteiger partial charge in [0.25, 0.3) is 0 Å². The van der Waals surface area contributed by atoms with Gasteiger partial charge in [-0.25, -0.2) is 0 Å². The number of benzene rings is 1. The second kappa shape index (κ2) is 6.50. The molecule has 1 atom stereocenters. The number of ether oxygens (including phenoxy) is 1. The van der Waals surface area contributed by atoms with Crippen molar-refractivity contribution in [2.24, 2.45) is 0 Å². The summed E-state index contributed by atoms with van der Waals surface area (Å²) < 4.78 is 5.37. The van der Waals surface area contributed by atoms with E-state index in [2.05, 4.69) is 50.3 Å². The molecule has 1 rings (SSSR count). The van der Waals surface area contributed by atoms with Gasteiger partial charge in [-0.3, -0.25) is 0 Å². The van der Waals surface area contributed by atoms with E-state index in [1.165, 1.54) is 5.56 Å². The van der Waals surface area contributed by atoms with Crippen LogP contribution in [0.5, 0.6) is 5.75 Å². The highest BCUT2D eigenvalue weighted by Gasteiger charge is 2.07. The Morgan fingerprint density at radius 1 is 1.35 bits per heavy atom. The quantitative estimate of drug-likeness (QED) is 0.822. The number of methoxy groups -OCH3 is 1. The van der Waals surface area contributed by atoms with Crippen molar-refractivity contribution >= 4 is 5.69 Å². The molecule has 1 aromatic carbocycles. The lowest BCUT2D eigenvalue weighted by Gasteiger charge is -2.18. The summed E-state index contributed by atoms with van der Waals surface area (Å²) in [6.45, 7) is 5.30. The molecule has 0 saturated carbocycles.